The number of aromatic nitrogens is 2. The summed E-state index contributed by atoms with van der Waals surface area (Å²) in [5.74, 6) is 0.772. The smallest absolute Gasteiger partial charge is 0.407 e. The molecule has 6 heteroatoms. The van der Waals surface area contributed by atoms with E-state index in [-0.39, 0.29) is 6.54 Å². The Kier molecular flexibility index (Phi) is 3.57. The highest BCUT2D eigenvalue weighted by molar-refractivity contribution is 5.66. The zero-order valence-corrected chi connectivity index (χ0v) is 10.1. The van der Waals surface area contributed by atoms with Crippen LogP contribution in [0.5, 0.6) is 0 Å². The maximum absolute atomic E-state index is 10.9. The molecule has 94 valence electrons. The number of hydrogen-bond donors (Lipinski definition) is 1. The Labute approximate surface area is 104 Å². The Bertz CT molecular complexity index is 551. The second kappa shape index (κ2) is 5.31. The molecule has 2 aromatic rings. The number of aryl methyl sites for hydroxylation is 1. The standard InChI is InChI=1S/C12H13N3O3/c1-8-5-3-4-6-9(8)11-15-14-10(18-11)7-13-12(16)17-2/h3-6H,7H2,1-2H3,(H,13,16). The highest BCUT2D eigenvalue weighted by Gasteiger charge is 2.11. The van der Waals surface area contributed by atoms with Crippen LogP contribution in [0.1, 0.15) is 11.5 Å². The van der Waals surface area contributed by atoms with Crippen molar-refractivity contribution in [3.8, 4) is 11.5 Å². The second-order valence-electron chi connectivity index (χ2n) is 3.66. The normalized spacial score (nSPS) is 10.1. The third kappa shape index (κ3) is 2.65. The van der Waals surface area contributed by atoms with Crippen LogP contribution in [0.25, 0.3) is 11.5 Å². The van der Waals surface area contributed by atoms with Crippen molar-refractivity contribution < 1.29 is 13.9 Å². The Hall–Kier alpha value is -2.37. The number of methoxy groups -OCH3 is 1. The van der Waals surface area contributed by atoms with Gasteiger partial charge >= 0.3 is 6.09 Å². The van der Waals surface area contributed by atoms with Crippen LogP contribution in [0.2, 0.25) is 0 Å². The number of ether oxygens (including phenoxy) is 1. The molecule has 1 aromatic carbocycles. The quantitative estimate of drug-likeness (QED) is 0.896. The predicted molar refractivity (Wildman–Crippen MR) is 63.7 cm³/mol. The van der Waals surface area contributed by atoms with Crippen LogP contribution in [0.3, 0.4) is 0 Å². The van der Waals surface area contributed by atoms with Gasteiger partial charge in [-0.2, -0.15) is 0 Å². The largest absolute Gasteiger partial charge is 0.453 e. The van der Waals surface area contributed by atoms with E-state index in [1.54, 1.807) is 0 Å². The lowest BCUT2D eigenvalue weighted by atomic mass is 10.1. The molecular weight excluding hydrogens is 234 g/mol. The van der Waals surface area contributed by atoms with Crippen molar-refractivity contribution in [2.45, 2.75) is 13.5 Å². The number of amides is 1. The van der Waals surface area contributed by atoms with E-state index in [1.807, 2.05) is 31.2 Å². The van der Waals surface area contributed by atoms with E-state index in [4.69, 9.17) is 4.42 Å². The van der Waals surface area contributed by atoms with E-state index in [0.717, 1.165) is 11.1 Å². The van der Waals surface area contributed by atoms with Crippen LogP contribution in [-0.2, 0) is 11.3 Å². The SMILES string of the molecule is COC(=O)NCc1nnc(-c2ccccc2C)o1. The van der Waals surface area contributed by atoms with Crippen molar-refractivity contribution in [1.29, 1.82) is 0 Å². The van der Waals surface area contributed by atoms with Crippen molar-refractivity contribution in [3.05, 3.63) is 35.7 Å². The van der Waals surface area contributed by atoms with E-state index in [9.17, 15) is 4.79 Å². The van der Waals surface area contributed by atoms with Gasteiger partial charge in [0.2, 0.25) is 11.8 Å². The monoisotopic (exact) mass is 247 g/mol. The number of benzene rings is 1. The Morgan fingerprint density at radius 1 is 1.39 bits per heavy atom. The highest BCUT2D eigenvalue weighted by Crippen LogP contribution is 2.21. The van der Waals surface area contributed by atoms with Crippen molar-refractivity contribution in [2.24, 2.45) is 0 Å². The number of nitrogens with zero attached hydrogens (tertiary/aromatic N) is 2. The zero-order chi connectivity index (χ0) is 13.0. The number of rotatable bonds is 3. The Balaban J connectivity index is 2.11. The maximum Gasteiger partial charge on any atom is 0.407 e. The first-order valence-electron chi connectivity index (χ1n) is 5.41. The lowest BCUT2D eigenvalue weighted by Crippen LogP contribution is -2.22. The fraction of sp³-hybridized carbons (Fsp3) is 0.250. The van der Waals surface area contributed by atoms with Gasteiger partial charge in [0.25, 0.3) is 0 Å². The fourth-order valence-corrected chi connectivity index (χ4v) is 1.47. The van der Waals surface area contributed by atoms with Gasteiger partial charge in [0.05, 0.1) is 13.7 Å². The Morgan fingerprint density at radius 3 is 2.89 bits per heavy atom. The molecule has 1 heterocycles. The summed E-state index contributed by atoms with van der Waals surface area (Å²) in [6.45, 7) is 2.11. The molecule has 0 saturated carbocycles. The van der Waals surface area contributed by atoms with Crippen molar-refractivity contribution in [1.82, 2.24) is 15.5 Å². The molecule has 0 radical (unpaired) electrons. The average molecular weight is 247 g/mol. The first kappa shape index (κ1) is 12.1. The van der Waals surface area contributed by atoms with Crippen LogP contribution in [-0.4, -0.2) is 23.4 Å². The molecule has 2 rings (SSSR count). The van der Waals surface area contributed by atoms with E-state index >= 15 is 0 Å². The summed E-state index contributed by atoms with van der Waals surface area (Å²) in [4.78, 5) is 10.9. The van der Waals surface area contributed by atoms with E-state index in [1.165, 1.54) is 7.11 Å². The molecule has 1 N–H and O–H groups in total. The number of carbonyl (C=O) groups excluding carboxylic acids is 1. The van der Waals surface area contributed by atoms with E-state index in [2.05, 4.69) is 20.3 Å². The summed E-state index contributed by atoms with van der Waals surface area (Å²) < 4.78 is 9.90. The first-order chi connectivity index (χ1) is 8.70. The van der Waals surface area contributed by atoms with E-state index in [0.29, 0.717) is 11.8 Å². The molecule has 0 atom stereocenters. The number of alkyl carbamates (subject to hydrolysis) is 1. The number of hydrogen-bond acceptors (Lipinski definition) is 5. The van der Waals surface area contributed by atoms with Crippen LogP contribution in [0.15, 0.2) is 28.7 Å². The molecule has 1 aromatic heterocycles. The minimum atomic E-state index is -0.536. The van der Waals surface area contributed by atoms with Gasteiger partial charge in [0.15, 0.2) is 0 Å². The third-order valence-electron chi connectivity index (χ3n) is 2.41. The minimum Gasteiger partial charge on any atom is -0.453 e. The minimum absolute atomic E-state index is 0.144. The summed E-state index contributed by atoms with van der Waals surface area (Å²) in [5, 5.41) is 10.3. The molecule has 0 aliphatic rings. The van der Waals surface area contributed by atoms with Gasteiger partial charge in [0.1, 0.15) is 0 Å². The average Bonchev–Trinajstić information content (AvgIpc) is 2.85. The molecule has 0 spiro atoms. The summed E-state index contributed by atoms with van der Waals surface area (Å²) in [6, 6.07) is 7.71. The fourth-order valence-electron chi connectivity index (χ4n) is 1.47. The summed E-state index contributed by atoms with van der Waals surface area (Å²) in [7, 11) is 1.29. The predicted octanol–water partition coefficient (Wildman–Crippen LogP) is 1.90. The maximum atomic E-state index is 10.9. The summed E-state index contributed by atoms with van der Waals surface area (Å²) in [5.41, 5.74) is 1.93. The third-order valence-corrected chi connectivity index (χ3v) is 2.41. The van der Waals surface area contributed by atoms with Crippen LogP contribution >= 0.6 is 0 Å². The van der Waals surface area contributed by atoms with Crippen LogP contribution in [0, 0.1) is 6.92 Å². The summed E-state index contributed by atoms with van der Waals surface area (Å²) in [6.07, 6.45) is -0.536. The van der Waals surface area contributed by atoms with Crippen LogP contribution < -0.4 is 5.32 Å². The number of nitrogens with one attached hydrogen (secondary N) is 1. The van der Waals surface area contributed by atoms with E-state index < -0.39 is 6.09 Å². The Morgan fingerprint density at radius 2 is 2.17 bits per heavy atom. The van der Waals surface area contributed by atoms with Crippen molar-refractivity contribution >= 4 is 6.09 Å². The van der Waals surface area contributed by atoms with Gasteiger partial charge in [-0.3, -0.25) is 0 Å². The van der Waals surface area contributed by atoms with Crippen molar-refractivity contribution in [2.75, 3.05) is 7.11 Å². The lowest BCUT2D eigenvalue weighted by Gasteiger charge is -2.00. The summed E-state index contributed by atoms with van der Waals surface area (Å²) >= 11 is 0. The van der Waals surface area contributed by atoms with Crippen molar-refractivity contribution in [3.63, 3.8) is 0 Å². The number of carbonyl (C=O) groups is 1. The molecule has 0 aliphatic carbocycles. The van der Waals surface area contributed by atoms with Gasteiger partial charge in [-0.25, -0.2) is 4.79 Å². The molecule has 0 bridgehead atoms. The molecule has 18 heavy (non-hydrogen) atoms. The second-order valence-corrected chi connectivity index (χ2v) is 3.66. The zero-order valence-electron chi connectivity index (χ0n) is 10.1. The molecule has 6 nitrogen and oxygen atoms in total. The molecule has 0 unspecified atom stereocenters. The molecule has 0 aliphatic heterocycles. The van der Waals surface area contributed by atoms with Gasteiger partial charge < -0.3 is 14.5 Å². The molecule has 0 fully saturated rings. The highest BCUT2D eigenvalue weighted by atomic mass is 16.5. The van der Waals surface area contributed by atoms with Gasteiger partial charge in [0, 0.05) is 5.56 Å². The lowest BCUT2D eigenvalue weighted by molar-refractivity contribution is 0.169. The van der Waals surface area contributed by atoms with Gasteiger partial charge in [-0.1, -0.05) is 18.2 Å². The molecule has 1 amide bonds. The topological polar surface area (TPSA) is 77.2 Å². The van der Waals surface area contributed by atoms with Crippen LogP contribution in [0.4, 0.5) is 4.79 Å². The molecule has 0 saturated heterocycles. The van der Waals surface area contributed by atoms with Gasteiger partial charge in [-0.15, -0.1) is 10.2 Å². The van der Waals surface area contributed by atoms with Gasteiger partial charge in [-0.05, 0) is 18.6 Å². The first-order valence-corrected chi connectivity index (χ1v) is 5.41. The molecular formula is C12H13N3O3.